The molecule has 7 aromatic heterocycles. The van der Waals surface area contributed by atoms with Crippen molar-refractivity contribution in [1.82, 2.24) is 73.9 Å². The van der Waals surface area contributed by atoms with E-state index >= 15 is 0 Å². The highest BCUT2D eigenvalue weighted by molar-refractivity contribution is 6.14. The summed E-state index contributed by atoms with van der Waals surface area (Å²) >= 11 is 0. The van der Waals surface area contributed by atoms with Crippen molar-refractivity contribution < 1.29 is 0 Å². The molecule has 0 saturated carbocycles. The Kier molecular flexibility index (Phi) is 10.6. The molecule has 0 aliphatic heterocycles. The molecule has 5 aromatic carbocycles. The van der Waals surface area contributed by atoms with Crippen LogP contribution >= 0.6 is 0 Å². The van der Waals surface area contributed by atoms with Crippen LogP contribution in [0, 0.1) is 75.8 Å². The van der Waals surface area contributed by atoms with E-state index in [4.69, 9.17) is 51.4 Å². The van der Waals surface area contributed by atoms with Crippen molar-refractivity contribution in [1.29, 1.82) is 0 Å². The van der Waals surface area contributed by atoms with Crippen LogP contribution < -0.4 is 0 Å². The summed E-state index contributed by atoms with van der Waals surface area (Å²) in [6, 6.07) is 33.5. The van der Waals surface area contributed by atoms with Crippen LogP contribution in [-0.2, 0) is 0 Å². The third-order valence-corrected chi connectivity index (χ3v) is 13.1. The summed E-state index contributed by atoms with van der Waals surface area (Å²) in [4.78, 5) is 65.5. The summed E-state index contributed by atoms with van der Waals surface area (Å²) in [5, 5.41) is 3.94. The van der Waals surface area contributed by atoms with E-state index in [-0.39, 0.29) is 0 Å². The van der Waals surface area contributed by atoms with Gasteiger partial charge in [-0.1, -0.05) is 48.5 Å². The van der Waals surface area contributed by atoms with Gasteiger partial charge in [0.25, 0.3) is 0 Å². The number of hydrogen-bond acceptors (Lipinski definition) is 13. The molecule has 0 saturated heterocycles. The molecule has 0 N–H and O–H groups in total. The summed E-state index contributed by atoms with van der Waals surface area (Å²) in [5.74, 6) is 7.23. The Balaban J connectivity index is 1.27. The summed E-state index contributed by atoms with van der Waals surface area (Å²) in [5.41, 5.74) is 12.0. The number of aromatic nitrogens is 15. The molecule has 0 unspecified atom stereocenters. The number of hydrogen-bond donors (Lipinski definition) is 0. The maximum Gasteiger partial charge on any atom is 0.197 e. The van der Waals surface area contributed by atoms with Gasteiger partial charge >= 0.3 is 0 Å². The highest BCUT2D eigenvalue weighted by atomic mass is 15.1. The van der Waals surface area contributed by atoms with Crippen LogP contribution in [0.2, 0.25) is 0 Å². The van der Waals surface area contributed by atoms with E-state index < -0.39 is 0 Å². The minimum absolute atomic E-state index is 0.456. The second-order valence-corrected chi connectivity index (χ2v) is 18.7. The van der Waals surface area contributed by atoms with Gasteiger partial charge in [-0.2, -0.15) is 0 Å². The Bertz CT molecular complexity index is 4090. The second-order valence-electron chi connectivity index (χ2n) is 18.7. The first-order valence-electron chi connectivity index (χ1n) is 24.1. The lowest BCUT2D eigenvalue weighted by atomic mass is 10.0. The normalized spacial score (nSPS) is 11.6. The van der Waals surface area contributed by atoms with Gasteiger partial charge in [-0.3, -0.25) is 4.98 Å². The van der Waals surface area contributed by atoms with Crippen LogP contribution in [0.3, 0.4) is 0 Å². The molecule has 0 aliphatic rings. The van der Waals surface area contributed by atoms with Gasteiger partial charge in [0.05, 0.1) is 40.0 Å². The van der Waals surface area contributed by atoms with E-state index in [0.29, 0.717) is 75.6 Å². The van der Waals surface area contributed by atoms with Gasteiger partial charge in [0, 0.05) is 55.2 Å². The quantitative estimate of drug-likeness (QED) is 0.138. The van der Waals surface area contributed by atoms with Crippen LogP contribution in [0.5, 0.6) is 0 Å². The summed E-state index contributed by atoms with van der Waals surface area (Å²) < 4.78 is 4.54. The fraction of sp³-hybridized carbons (Fsp3) is 0.172. The number of pyridine rings is 1. The average molecular weight is 967 g/mol. The van der Waals surface area contributed by atoms with Crippen molar-refractivity contribution in [2.24, 2.45) is 0 Å². The van der Waals surface area contributed by atoms with Gasteiger partial charge in [0.15, 0.2) is 29.0 Å². The lowest BCUT2D eigenvalue weighted by Crippen LogP contribution is -2.05. The lowest BCUT2D eigenvalue weighted by molar-refractivity contribution is 0.928. The maximum atomic E-state index is 8.90. The number of nitrogens with zero attached hydrogens (tertiary/aromatic N) is 16. The van der Waals surface area contributed by atoms with Gasteiger partial charge < -0.3 is 9.13 Å². The van der Waals surface area contributed by atoms with E-state index in [1.807, 2.05) is 87.4 Å². The topological polar surface area (TPSA) is 182 Å². The van der Waals surface area contributed by atoms with Gasteiger partial charge in [-0.15, -0.1) is 0 Å². The van der Waals surface area contributed by atoms with E-state index in [9.17, 15) is 0 Å². The fourth-order valence-electron chi connectivity index (χ4n) is 10.3. The Morgan fingerprint density at radius 2 is 0.595 bits per heavy atom. The molecule has 16 nitrogen and oxygen atoms in total. The fourth-order valence-corrected chi connectivity index (χ4v) is 10.3. The van der Waals surface area contributed by atoms with E-state index in [0.717, 1.165) is 99.8 Å². The van der Waals surface area contributed by atoms with Crippen molar-refractivity contribution in [3.05, 3.63) is 166 Å². The van der Waals surface area contributed by atoms with Crippen molar-refractivity contribution in [2.45, 2.75) is 69.2 Å². The highest BCUT2D eigenvalue weighted by Gasteiger charge is 2.25. The van der Waals surface area contributed by atoms with Gasteiger partial charge in [0.2, 0.25) is 0 Å². The third kappa shape index (κ3) is 7.91. The molecule has 0 aliphatic carbocycles. The van der Waals surface area contributed by atoms with Crippen LogP contribution in [0.15, 0.2) is 97.1 Å². The Labute approximate surface area is 425 Å². The van der Waals surface area contributed by atoms with Crippen molar-refractivity contribution in [3.8, 4) is 68.1 Å². The molecule has 12 aromatic rings. The summed E-state index contributed by atoms with van der Waals surface area (Å²) in [6.45, 7) is 27.9. The predicted molar refractivity (Wildman–Crippen MR) is 287 cm³/mol. The van der Waals surface area contributed by atoms with Crippen LogP contribution in [-0.4, -0.2) is 73.9 Å². The molecule has 0 atom stereocenters. The van der Waals surface area contributed by atoms with E-state index in [1.54, 1.807) is 0 Å². The summed E-state index contributed by atoms with van der Waals surface area (Å²) in [6.07, 6.45) is 0. The van der Waals surface area contributed by atoms with Gasteiger partial charge in [0.1, 0.15) is 46.6 Å². The minimum Gasteiger partial charge on any atom is -0.308 e. The zero-order valence-electron chi connectivity index (χ0n) is 42.4. The summed E-state index contributed by atoms with van der Waals surface area (Å²) in [7, 11) is 0. The molecular weight excluding hydrogens is 921 g/mol. The molecule has 358 valence electrons. The molecular formula is C58H46N16. The number of aryl methyl sites for hydroxylation is 10. The smallest absolute Gasteiger partial charge is 0.197 e. The van der Waals surface area contributed by atoms with Crippen molar-refractivity contribution >= 4 is 49.3 Å². The zero-order chi connectivity index (χ0) is 51.3. The molecule has 16 heteroatoms. The first-order chi connectivity index (χ1) is 35.6. The monoisotopic (exact) mass is 966 g/mol. The second kappa shape index (κ2) is 17.3. The standard InChI is InChI=1S/C58H46N16/c1-28-20-42(21-29(2)60-28)47-26-53(73-49-22-38(55-65-30(3)61-31(4)66-55)12-16-43(49)44-17-13-39(23-50(44)73)56-67-32(5)62-33(6)68-56)54(27-48(47)59-11)74-51-24-40(57-69-34(7)63-35(8)70-57)14-18-45(51)46-19-15-41(25-52(46)74)58-71-36(9)64-37(10)72-58/h12-27H,1-10H3. The van der Waals surface area contributed by atoms with Crippen LogP contribution in [0.4, 0.5) is 5.69 Å². The molecule has 74 heavy (non-hydrogen) atoms. The first kappa shape index (κ1) is 45.5. The van der Waals surface area contributed by atoms with Crippen molar-refractivity contribution in [2.75, 3.05) is 0 Å². The van der Waals surface area contributed by atoms with Crippen molar-refractivity contribution in [3.63, 3.8) is 0 Å². The van der Waals surface area contributed by atoms with E-state index in [1.165, 1.54) is 0 Å². The SMILES string of the molecule is [C-]#[N+]c1cc(-n2c3cc(-c4nc(C)nc(C)n4)ccc3c3ccc(-c4nc(C)nc(C)n4)cc32)c(-n2c3cc(-c4nc(C)nc(C)n4)ccc3c3ccc(-c4nc(C)nc(C)n4)cc32)cc1-c1cc(C)nc(C)c1. The highest BCUT2D eigenvalue weighted by Crippen LogP contribution is 2.45. The largest absolute Gasteiger partial charge is 0.308 e. The molecule has 0 amide bonds. The molecule has 0 bridgehead atoms. The number of fused-ring (bicyclic) bond motifs is 6. The first-order valence-corrected chi connectivity index (χ1v) is 24.1. The average Bonchev–Trinajstić information content (AvgIpc) is 3.87. The number of benzene rings is 5. The molecule has 12 rings (SSSR count). The van der Waals surface area contributed by atoms with Gasteiger partial charge in [-0.25, -0.2) is 64.7 Å². The molecule has 0 spiro atoms. The molecule has 7 heterocycles. The minimum atomic E-state index is 0.456. The molecule has 0 radical (unpaired) electrons. The van der Waals surface area contributed by atoms with Gasteiger partial charge in [-0.05, 0) is 129 Å². The Hall–Kier alpha value is -9.62. The molecule has 0 fully saturated rings. The zero-order valence-corrected chi connectivity index (χ0v) is 42.4. The van der Waals surface area contributed by atoms with Crippen LogP contribution in [0.1, 0.15) is 58.0 Å². The predicted octanol–water partition coefficient (Wildman–Crippen LogP) is 12.0. The third-order valence-electron chi connectivity index (χ3n) is 13.1. The Morgan fingerprint density at radius 1 is 0.311 bits per heavy atom. The maximum absolute atomic E-state index is 8.90. The lowest BCUT2D eigenvalue weighted by Gasteiger charge is -2.20. The van der Waals surface area contributed by atoms with Crippen LogP contribution in [0.25, 0.3) is 117 Å². The van der Waals surface area contributed by atoms with E-state index in [2.05, 4.69) is 113 Å². The number of rotatable bonds is 7. The Morgan fingerprint density at radius 3 is 0.878 bits per heavy atom.